The van der Waals surface area contributed by atoms with Crippen molar-refractivity contribution in [3.05, 3.63) is 12.2 Å². The normalized spacial score (nSPS) is 18.8. The topological polar surface area (TPSA) is 114 Å². The largest absolute Gasteiger partial charge is 0.343 e. The average Bonchev–Trinajstić information content (AvgIpc) is 2.92. The fraction of sp³-hybridized carbons (Fsp3) is 0.800. The third kappa shape index (κ3) is 3.96. The van der Waals surface area contributed by atoms with E-state index in [4.69, 9.17) is 5.73 Å². The van der Waals surface area contributed by atoms with Crippen molar-refractivity contribution in [1.82, 2.24) is 19.2 Å². The van der Waals surface area contributed by atoms with Crippen LogP contribution in [-0.4, -0.2) is 49.0 Å². The smallest absolute Gasteiger partial charge is 0.279 e. The predicted octanol–water partition coefficient (Wildman–Crippen LogP) is -0.883. The SMILES string of the molecule is NCC1CCN(S(=O)(=O)NCCc2ncon2)CC1. The summed E-state index contributed by atoms with van der Waals surface area (Å²) >= 11 is 0. The van der Waals surface area contributed by atoms with E-state index in [2.05, 4.69) is 19.4 Å². The molecule has 0 aliphatic carbocycles. The van der Waals surface area contributed by atoms with Crippen LogP contribution in [-0.2, 0) is 16.6 Å². The Kier molecular flexibility index (Phi) is 4.86. The van der Waals surface area contributed by atoms with Crippen LogP contribution < -0.4 is 10.5 Å². The fourth-order valence-electron chi connectivity index (χ4n) is 2.07. The van der Waals surface area contributed by atoms with Gasteiger partial charge in [-0.15, -0.1) is 0 Å². The molecular formula is C10H19N5O3S. The highest BCUT2D eigenvalue weighted by Gasteiger charge is 2.26. The van der Waals surface area contributed by atoms with E-state index in [0.29, 0.717) is 37.8 Å². The first-order valence-electron chi connectivity index (χ1n) is 6.32. The van der Waals surface area contributed by atoms with Gasteiger partial charge in [0.2, 0.25) is 6.39 Å². The second kappa shape index (κ2) is 6.42. The van der Waals surface area contributed by atoms with Gasteiger partial charge in [0.05, 0.1) is 0 Å². The molecule has 1 aliphatic heterocycles. The summed E-state index contributed by atoms with van der Waals surface area (Å²) < 4.78 is 32.6. The molecule has 1 fully saturated rings. The van der Waals surface area contributed by atoms with Crippen LogP contribution in [0.3, 0.4) is 0 Å². The van der Waals surface area contributed by atoms with Crippen LogP contribution >= 0.6 is 0 Å². The van der Waals surface area contributed by atoms with Gasteiger partial charge in [-0.25, -0.2) is 4.72 Å². The number of nitrogens with zero attached hydrogens (tertiary/aromatic N) is 3. The summed E-state index contributed by atoms with van der Waals surface area (Å²) in [5.41, 5.74) is 5.59. The lowest BCUT2D eigenvalue weighted by Gasteiger charge is -2.30. The van der Waals surface area contributed by atoms with Crippen molar-refractivity contribution in [2.75, 3.05) is 26.2 Å². The van der Waals surface area contributed by atoms with Crippen molar-refractivity contribution in [2.24, 2.45) is 11.7 Å². The van der Waals surface area contributed by atoms with Gasteiger partial charge in [0.15, 0.2) is 5.82 Å². The molecule has 3 N–H and O–H groups in total. The maximum atomic E-state index is 12.0. The molecule has 9 heteroatoms. The van der Waals surface area contributed by atoms with E-state index in [1.165, 1.54) is 10.7 Å². The molecule has 2 rings (SSSR count). The molecule has 1 aromatic heterocycles. The lowest BCUT2D eigenvalue weighted by Crippen LogP contribution is -2.46. The molecule has 8 nitrogen and oxygen atoms in total. The average molecular weight is 289 g/mol. The zero-order valence-corrected chi connectivity index (χ0v) is 11.5. The second-order valence-corrected chi connectivity index (χ2v) is 6.33. The van der Waals surface area contributed by atoms with Gasteiger partial charge in [-0.05, 0) is 25.3 Å². The van der Waals surface area contributed by atoms with E-state index >= 15 is 0 Å². The van der Waals surface area contributed by atoms with Gasteiger partial charge in [0, 0.05) is 26.1 Å². The molecule has 1 aliphatic rings. The molecule has 0 spiro atoms. The minimum Gasteiger partial charge on any atom is -0.343 e. The number of aromatic nitrogens is 2. The van der Waals surface area contributed by atoms with Crippen molar-refractivity contribution < 1.29 is 12.9 Å². The maximum absolute atomic E-state index is 12.0. The lowest BCUT2D eigenvalue weighted by atomic mass is 9.99. The highest BCUT2D eigenvalue weighted by Crippen LogP contribution is 2.17. The maximum Gasteiger partial charge on any atom is 0.279 e. The van der Waals surface area contributed by atoms with Crippen LogP contribution in [0.15, 0.2) is 10.9 Å². The number of piperidine rings is 1. The van der Waals surface area contributed by atoms with Crippen LogP contribution in [0.2, 0.25) is 0 Å². The van der Waals surface area contributed by atoms with E-state index in [9.17, 15) is 8.42 Å². The van der Waals surface area contributed by atoms with Crippen LogP contribution in [0.4, 0.5) is 0 Å². The van der Waals surface area contributed by atoms with Gasteiger partial charge in [0.25, 0.3) is 10.2 Å². The Morgan fingerprint density at radius 2 is 2.21 bits per heavy atom. The highest BCUT2D eigenvalue weighted by atomic mass is 32.2. The Morgan fingerprint density at radius 1 is 1.47 bits per heavy atom. The second-order valence-electron chi connectivity index (χ2n) is 4.57. The molecular weight excluding hydrogens is 270 g/mol. The Bertz CT molecular complexity index is 467. The molecule has 19 heavy (non-hydrogen) atoms. The molecule has 0 unspecified atom stereocenters. The van der Waals surface area contributed by atoms with E-state index in [0.717, 1.165) is 12.8 Å². The standard InChI is InChI=1S/C10H19N5O3S/c11-7-9-2-5-15(6-3-9)19(16,17)13-4-1-10-12-8-18-14-10/h8-9,13H,1-7,11H2. The Morgan fingerprint density at radius 3 is 2.79 bits per heavy atom. The summed E-state index contributed by atoms with van der Waals surface area (Å²) in [5.74, 6) is 0.926. The van der Waals surface area contributed by atoms with Crippen LogP contribution in [0.5, 0.6) is 0 Å². The summed E-state index contributed by atoms with van der Waals surface area (Å²) in [6, 6.07) is 0. The third-order valence-corrected chi connectivity index (χ3v) is 4.90. The highest BCUT2D eigenvalue weighted by molar-refractivity contribution is 7.87. The third-order valence-electron chi connectivity index (χ3n) is 3.29. The summed E-state index contributed by atoms with van der Waals surface area (Å²) in [5, 5.41) is 3.62. The van der Waals surface area contributed by atoms with Gasteiger partial charge < -0.3 is 10.3 Å². The number of hydrogen-bond donors (Lipinski definition) is 2. The monoisotopic (exact) mass is 289 g/mol. The minimum atomic E-state index is -3.41. The molecule has 1 aromatic rings. The minimum absolute atomic E-state index is 0.263. The van der Waals surface area contributed by atoms with Crippen molar-refractivity contribution in [3.63, 3.8) is 0 Å². The van der Waals surface area contributed by atoms with Gasteiger partial charge in [0.1, 0.15) is 0 Å². The summed E-state index contributed by atoms with van der Waals surface area (Å²) in [6.07, 6.45) is 3.28. The van der Waals surface area contributed by atoms with E-state index in [1.54, 1.807) is 0 Å². The van der Waals surface area contributed by atoms with Crippen molar-refractivity contribution in [1.29, 1.82) is 0 Å². The van der Waals surface area contributed by atoms with E-state index < -0.39 is 10.2 Å². The summed E-state index contributed by atoms with van der Waals surface area (Å²) in [4.78, 5) is 3.83. The van der Waals surface area contributed by atoms with Crippen molar-refractivity contribution in [2.45, 2.75) is 19.3 Å². The summed E-state index contributed by atoms with van der Waals surface area (Å²) in [7, 11) is -3.41. The lowest BCUT2D eigenvalue weighted by molar-refractivity contribution is 0.276. The molecule has 2 heterocycles. The first kappa shape index (κ1) is 14.4. The Hall–Kier alpha value is -1.03. The van der Waals surface area contributed by atoms with Crippen LogP contribution in [0, 0.1) is 5.92 Å². The first-order chi connectivity index (χ1) is 9.12. The molecule has 0 bridgehead atoms. The fourth-order valence-corrected chi connectivity index (χ4v) is 3.31. The van der Waals surface area contributed by atoms with Crippen LogP contribution in [0.25, 0.3) is 0 Å². The van der Waals surface area contributed by atoms with Gasteiger partial charge in [-0.1, -0.05) is 5.16 Å². The molecule has 0 radical (unpaired) electrons. The first-order valence-corrected chi connectivity index (χ1v) is 7.76. The number of hydrogen-bond acceptors (Lipinski definition) is 6. The molecule has 0 aromatic carbocycles. The number of nitrogens with two attached hydrogens (primary N) is 1. The van der Waals surface area contributed by atoms with Crippen molar-refractivity contribution in [3.8, 4) is 0 Å². The molecule has 1 saturated heterocycles. The van der Waals surface area contributed by atoms with Crippen LogP contribution in [0.1, 0.15) is 18.7 Å². The van der Waals surface area contributed by atoms with Gasteiger partial charge in [-0.3, -0.25) is 0 Å². The number of nitrogens with one attached hydrogen (secondary N) is 1. The predicted molar refractivity (Wildman–Crippen MR) is 68.3 cm³/mol. The van der Waals surface area contributed by atoms with E-state index in [-0.39, 0.29) is 6.54 Å². The Balaban J connectivity index is 1.78. The molecule has 0 saturated carbocycles. The Labute approximate surface area is 112 Å². The quantitative estimate of drug-likeness (QED) is 0.702. The van der Waals surface area contributed by atoms with Crippen molar-refractivity contribution >= 4 is 10.2 Å². The number of rotatable bonds is 6. The van der Waals surface area contributed by atoms with E-state index in [1.807, 2.05) is 0 Å². The van der Waals surface area contributed by atoms with Gasteiger partial charge in [-0.2, -0.15) is 17.7 Å². The molecule has 0 amide bonds. The van der Waals surface area contributed by atoms with Gasteiger partial charge >= 0.3 is 0 Å². The molecule has 0 atom stereocenters. The summed E-state index contributed by atoms with van der Waals surface area (Å²) in [6.45, 7) is 1.94. The zero-order chi connectivity index (χ0) is 13.7. The zero-order valence-electron chi connectivity index (χ0n) is 10.7. The molecule has 108 valence electrons.